The summed E-state index contributed by atoms with van der Waals surface area (Å²) in [5, 5.41) is 15.9. The van der Waals surface area contributed by atoms with E-state index in [1.54, 1.807) is 11.3 Å². The molecule has 0 spiro atoms. The standard InChI is InChI=1S/C17H19N5OS/c1-2-4-13-6-8-14(9-7-13)17(15-5-3-10-24-15)19-16(23)11-22-12-18-20-21-22/h3,5-10,12,17H,2,4,11H2,1H3,(H,19,23)/t17-/m1/s1. The van der Waals surface area contributed by atoms with Gasteiger partial charge in [-0.1, -0.05) is 43.7 Å². The molecule has 124 valence electrons. The third kappa shape index (κ3) is 4.05. The van der Waals surface area contributed by atoms with E-state index in [-0.39, 0.29) is 18.5 Å². The number of aryl methyl sites for hydroxylation is 1. The van der Waals surface area contributed by atoms with Crippen molar-refractivity contribution in [2.75, 3.05) is 0 Å². The number of amides is 1. The fourth-order valence-electron chi connectivity index (χ4n) is 2.55. The molecule has 1 N–H and O–H groups in total. The second-order valence-corrected chi connectivity index (χ2v) is 6.49. The highest BCUT2D eigenvalue weighted by Crippen LogP contribution is 2.26. The molecule has 0 saturated carbocycles. The van der Waals surface area contributed by atoms with Crippen molar-refractivity contribution >= 4 is 17.2 Å². The number of carbonyl (C=O) groups is 1. The summed E-state index contributed by atoms with van der Waals surface area (Å²) >= 11 is 1.63. The highest BCUT2D eigenvalue weighted by molar-refractivity contribution is 7.10. The molecule has 6 nitrogen and oxygen atoms in total. The number of benzene rings is 1. The molecule has 0 bridgehead atoms. The number of nitrogens with zero attached hydrogens (tertiary/aromatic N) is 4. The first-order chi connectivity index (χ1) is 11.8. The molecular weight excluding hydrogens is 322 g/mol. The Balaban J connectivity index is 1.77. The minimum absolute atomic E-state index is 0.1000. The van der Waals surface area contributed by atoms with Gasteiger partial charge in [0.05, 0.1) is 6.04 Å². The lowest BCUT2D eigenvalue weighted by Gasteiger charge is -2.18. The Hall–Kier alpha value is -2.54. The molecule has 7 heteroatoms. The van der Waals surface area contributed by atoms with Crippen molar-refractivity contribution in [2.45, 2.75) is 32.4 Å². The van der Waals surface area contributed by atoms with Crippen LogP contribution in [0.2, 0.25) is 0 Å². The Morgan fingerprint density at radius 3 is 2.75 bits per heavy atom. The average Bonchev–Trinajstić information content (AvgIpc) is 3.27. The van der Waals surface area contributed by atoms with E-state index >= 15 is 0 Å². The molecule has 1 aromatic carbocycles. The fourth-order valence-corrected chi connectivity index (χ4v) is 3.35. The molecule has 24 heavy (non-hydrogen) atoms. The molecule has 3 aromatic rings. The monoisotopic (exact) mass is 341 g/mol. The van der Waals surface area contributed by atoms with Crippen LogP contribution in [0.5, 0.6) is 0 Å². The van der Waals surface area contributed by atoms with Crippen molar-refractivity contribution in [1.29, 1.82) is 0 Å². The highest BCUT2D eigenvalue weighted by atomic mass is 32.1. The maximum Gasteiger partial charge on any atom is 0.242 e. The van der Waals surface area contributed by atoms with E-state index in [1.165, 1.54) is 16.6 Å². The van der Waals surface area contributed by atoms with Gasteiger partial charge < -0.3 is 5.32 Å². The molecule has 1 atom stereocenters. The van der Waals surface area contributed by atoms with Gasteiger partial charge in [0, 0.05) is 4.88 Å². The topological polar surface area (TPSA) is 72.7 Å². The van der Waals surface area contributed by atoms with E-state index in [4.69, 9.17) is 0 Å². The summed E-state index contributed by atoms with van der Waals surface area (Å²) in [6.07, 6.45) is 3.62. The van der Waals surface area contributed by atoms with Crippen LogP contribution in [0.4, 0.5) is 0 Å². The van der Waals surface area contributed by atoms with Crippen molar-refractivity contribution in [3.63, 3.8) is 0 Å². The van der Waals surface area contributed by atoms with Gasteiger partial charge in [-0.25, -0.2) is 4.68 Å². The number of hydrogen-bond acceptors (Lipinski definition) is 5. The number of nitrogens with one attached hydrogen (secondary N) is 1. The van der Waals surface area contributed by atoms with Gasteiger partial charge in [0.2, 0.25) is 5.91 Å². The van der Waals surface area contributed by atoms with Crippen LogP contribution in [0, 0.1) is 0 Å². The van der Waals surface area contributed by atoms with Crippen LogP contribution in [0.1, 0.15) is 35.4 Å². The van der Waals surface area contributed by atoms with E-state index in [9.17, 15) is 4.79 Å². The summed E-state index contributed by atoms with van der Waals surface area (Å²) in [6.45, 7) is 2.27. The average molecular weight is 341 g/mol. The number of rotatable bonds is 7. The van der Waals surface area contributed by atoms with E-state index in [1.807, 2.05) is 17.5 Å². The van der Waals surface area contributed by atoms with Crippen LogP contribution < -0.4 is 5.32 Å². The minimum Gasteiger partial charge on any atom is -0.343 e. The lowest BCUT2D eigenvalue weighted by atomic mass is 10.0. The molecule has 0 aliphatic carbocycles. The third-order valence-corrected chi connectivity index (χ3v) is 4.62. The maximum absolute atomic E-state index is 12.3. The summed E-state index contributed by atoms with van der Waals surface area (Å²) in [5.74, 6) is -0.127. The zero-order chi connectivity index (χ0) is 16.8. The summed E-state index contributed by atoms with van der Waals surface area (Å²) in [4.78, 5) is 13.4. The van der Waals surface area contributed by atoms with Gasteiger partial charge in [-0.2, -0.15) is 0 Å². The Kier molecular flexibility index (Phi) is 5.32. The van der Waals surface area contributed by atoms with Crippen LogP contribution in [0.15, 0.2) is 48.1 Å². The predicted octanol–water partition coefficient (Wildman–Crippen LogP) is 2.59. The van der Waals surface area contributed by atoms with Gasteiger partial charge in [0.1, 0.15) is 12.9 Å². The molecule has 0 radical (unpaired) electrons. The Labute approximate surface area is 144 Å². The quantitative estimate of drug-likeness (QED) is 0.717. The molecule has 0 unspecified atom stereocenters. The van der Waals surface area contributed by atoms with Crippen molar-refractivity contribution in [3.8, 4) is 0 Å². The first kappa shape index (κ1) is 16.3. The van der Waals surface area contributed by atoms with Crippen molar-refractivity contribution in [1.82, 2.24) is 25.5 Å². The first-order valence-corrected chi connectivity index (χ1v) is 8.76. The van der Waals surface area contributed by atoms with E-state index in [2.05, 4.69) is 52.0 Å². The fraction of sp³-hybridized carbons (Fsp3) is 0.294. The van der Waals surface area contributed by atoms with Crippen LogP contribution >= 0.6 is 11.3 Å². The molecule has 0 aliphatic rings. The SMILES string of the molecule is CCCc1ccc([C@@H](NC(=O)Cn2cnnn2)c2cccs2)cc1. The van der Waals surface area contributed by atoms with Crippen molar-refractivity contribution < 1.29 is 4.79 Å². The largest absolute Gasteiger partial charge is 0.343 e. The number of carbonyl (C=O) groups excluding carboxylic acids is 1. The van der Waals surface area contributed by atoms with Crippen molar-refractivity contribution in [3.05, 3.63) is 64.1 Å². The molecule has 3 rings (SSSR count). The van der Waals surface area contributed by atoms with Gasteiger partial charge in [-0.15, -0.1) is 16.4 Å². The van der Waals surface area contributed by atoms with Crippen LogP contribution in [-0.4, -0.2) is 26.1 Å². The number of thiophene rings is 1. The van der Waals surface area contributed by atoms with E-state index in [0.29, 0.717) is 0 Å². The molecule has 0 aliphatic heterocycles. The van der Waals surface area contributed by atoms with Crippen LogP contribution in [0.3, 0.4) is 0 Å². The number of aromatic nitrogens is 4. The number of hydrogen-bond donors (Lipinski definition) is 1. The van der Waals surface area contributed by atoms with Crippen LogP contribution in [0.25, 0.3) is 0 Å². The molecule has 0 saturated heterocycles. The van der Waals surface area contributed by atoms with E-state index in [0.717, 1.165) is 23.3 Å². The highest BCUT2D eigenvalue weighted by Gasteiger charge is 2.18. The molecule has 1 amide bonds. The molecule has 0 fully saturated rings. The Morgan fingerprint density at radius 1 is 1.29 bits per heavy atom. The summed E-state index contributed by atoms with van der Waals surface area (Å²) in [6, 6.07) is 12.3. The van der Waals surface area contributed by atoms with Gasteiger partial charge >= 0.3 is 0 Å². The third-order valence-electron chi connectivity index (χ3n) is 3.68. The van der Waals surface area contributed by atoms with Gasteiger partial charge in [-0.3, -0.25) is 4.79 Å². The minimum atomic E-state index is -0.162. The van der Waals surface area contributed by atoms with E-state index < -0.39 is 0 Å². The second-order valence-electron chi connectivity index (χ2n) is 5.51. The molecule has 2 heterocycles. The normalized spacial score (nSPS) is 12.0. The zero-order valence-corrected chi connectivity index (χ0v) is 14.2. The lowest BCUT2D eigenvalue weighted by Crippen LogP contribution is -2.32. The predicted molar refractivity (Wildman–Crippen MR) is 92.6 cm³/mol. The second kappa shape index (κ2) is 7.83. The summed E-state index contributed by atoms with van der Waals surface area (Å²) < 4.78 is 1.41. The Bertz CT molecular complexity index is 753. The number of tetrazole rings is 1. The molecule has 2 aromatic heterocycles. The first-order valence-electron chi connectivity index (χ1n) is 7.88. The lowest BCUT2D eigenvalue weighted by molar-refractivity contribution is -0.122. The smallest absolute Gasteiger partial charge is 0.242 e. The molecular formula is C17H19N5OS. The zero-order valence-electron chi connectivity index (χ0n) is 13.4. The van der Waals surface area contributed by atoms with Gasteiger partial charge in [0.15, 0.2) is 0 Å². The van der Waals surface area contributed by atoms with Crippen molar-refractivity contribution in [2.24, 2.45) is 0 Å². The van der Waals surface area contributed by atoms with Gasteiger partial charge in [-0.05, 0) is 39.4 Å². The Morgan fingerprint density at radius 2 is 2.12 bits per heavy atom. The van der Waals surface area contributed by atoms with Crippen LogP contribution in [-0.2, 0) is 17.8 Å². The maximum atomic E-state index is 12.3. The summed E-state index contributed by atoms with van der Waals surface area (Å²) in [5.41, 5.74) is 2.38. The summed E-state index contributed by atoms with van der Waals surface area (Å²) in [7, 11) is 0. The van der Waals surface area contributed by atoms with Gasteiger partial charge in [0.25, 0.3) is 0 Å².